The van der Waals surface area contributed by atoms with Crippen molar-refractivity contribution in [3.05, 3.63) is 23.4 Å². The molecule has 1 saturated heterocycles. The van der Waals surface area contributed by atoms with E-state index in [2.05, 4.69) is 35.1 Å². The van der Waals surface area contributed by atoms with Crippen molar-refractivity contribution < 1.29 is 5.11 Å². The highest BCUT2D eigenvalue weighted by atomic mass is 16.3. The fourth-order valence-corrected chi connectivity index (χ4v) is 2.84. The summed E-state index contributed by atoms with van der Waals surface area (Å²) in [6, 6.07) is 2.22. The zero-order valence-corrected chi connectivity index (χ0v) is 12.9. The van der Waals surface area contributed by atoms with Crippen LogP contribution in [0.15, 0.2) is 12.3 Å². The van der Waals surface area contributed by atoms with Gasteiger partial charge in [-0.15, -0.1) is 0 Å². The Kier molecular flexibility index (Phi) is 5.38. The molecule has 2 heterocycles. The predicted octanol–water partition coefficient (Wildman–Crippen LogP) is 2.10. The minimum Gasteiger partial charge on any atom is -0.393 e. The molecule has 1 aliphatic heterocycles. The van der Waals surface area contributed by atoms with Gasteiger partial charge in [0.25, 0.3) is 0 Å². The molecule has 0 radical (unpaired) electrons. The molecule has 20 heavy (non-hydrogen) atoms. The molecule has 4 heteroatoms. The van der Waals surface area contributed by atoms with Crippen LogP contribution in [0.1, 0.15) is 37.8 Å². The summed E-state index contributed by atoms with van der Waals surface area (Å²) in [6.07, 6.45) is 3.95. The van der Waals surface area contributed by atoms with Gasteiger partial charge in [0.1, 0.15) is 5.82 Å². The summed E-state index contributed by atoms with van der Waals surface area (Å²) in [4.78, 5) is 6.94. The molecule has 0 aromatic carbocycles. The predicted molar refractivity (Wildman–Crippen MR) is 83.0 cm³/mol. The summed E-state index contributed by atoms with van der Waals surface area (Å²) in [5.41, 5.74) is 2.47. The molecule has 0 saturated carbocycles. The van der Waals surface area contributed by atoms with Crippen LogP contribution in [0.5, 0.6) is 0 Å². The number of aliphatic hydroxyl groups excluding tert-OH is 1. The summed E-state index contributed by atoms with van der Waals surface area (Å²) in [5.74, 6) is 1.45. The highest BCUT2D eigenvalue weighted by Gasteiger charge is 2.27. The third-order valence-electron chi connectivity index (χ3n) is 4.07. The molecule has 4 nitrogen and oxygen atoms in total. The van der Waals surface area contributed by atoms with Crippen LogP contribution in [-0.2, 0) is 6.54 Å². The molecule has 0 spiro atoms. The minimum absolute atomic E-state index is 0.224. The monoisotopic (exact) mass is 277 g/mol. The van der Waals surface area contributed by atoms with Crippen LogP contribution in [0.3, 0.4) is 0 Å². The molecule has 1 aromatic rings. The summed E-state index contributed by atoms with van der Waals surface area (Å²) >= 11 is 0. The number of aromatic nitrogens is 1. The van der Waals surface area contributed by atoms with Crippen molar-refractivity contribution >= 4 is 5.82 Å². The highest BCUT2D eigenvalue weighted by Crippen LogP contribution is 2.26. The molecule has 0 bridgehead atoms. The van der Waals surface area contributed by atoms with Crippen molar-refractivity contribution in [2.45, 2.75) is 46.3 Å². The van der Waals surface area contributed by atoms with Crippen LogP contribution in [0.2, 0.25) is 0 Å². The van der Waals surface area contributed by atoms with Gasteiger partial charge in [0.05, 0.1) is 6.10 Å². The number of pyridine rings is 1. The summed E-state index contributed by atoms with van der Waals surface area (Å²) in [7, 11) is 0. The SMILES string of the molecule is CCCNCc1cnc(N2CCC(C(C)O)C2)c(C)c1. The van der Waals surface area contributed by atoms with Gasteiger partial charge < -0.3 is 15.3 Å². The van der Waals surface area contributed by atoms with Gasteiger partial charge in [-0.05, 0) is 50.4 Å². The van der Waals surface area contributed by atoms with E-state index in [1.54, 1.807) is 0 Å². The van der Waals surface area contributed by atoms with E-state index in [-0.39, 0.29) is 6.10 Å². The number of nitrogens with zero attached hydrogens (tertiary/aromatic N) is 2. The fraction of sp³-hybridized carbons (Fsp3) is 0.688. The van der Waals surface area contributed by atoms with Gasteiger partial charge in [-0.1, -0.05) is 6.92 Å². The van der Waals surface area contributed by atoms with Crippen molar-refractivity contribution in [2.24, 2.45) is 5.92 Å². The summed E-state index contributed by atoms with van der Waals surface area (Å²) in [6.45, 7) is 10.0. The summed E-state index contributed by atoms with van der Waals surface area (Å²) in [5, 5.41) is 13.1. The van der Waals surface area contributed by atoms with Crippen molar-refractivity contribution in [2.75, 3.05) is 24.5 Å². The Balaban J connectivity index is 1.99. The lowest BCUT2D eigenvalue weighted by atomic mass is 10.0. The quantitative estimate of drug-likeness (QED) is 0.782. The van der Waals surface area contributed by atoms with Gasteiger partial charge in [0.2, 0.25) is 0 Å². The normalized spacial score (nSPS) is 20.4. The Labute approximate surface area is 122 Å². The minimum atomic E-state index is -0.224. The van der Waals surface area contributed by atoms with Crippen LogP contribution in [-0.4, -0.2) is 35.8 Å². The molecule has 0 amide bonds. The van der Waals surface area contributed by atoms with Gasteiger partial charge in [-0.2, -0.15) is 0 Å². The number of nitrogens with one attached hydrogen (secondary N) is 1. The van der Waals surface area contributed by atoms with E-state index in [9.17, 15) is 5.11 Å². The van der Waals surface area contributed by atoms with Crippen LogP contribution < -0.4 is 10.2 Å². The largest absolute Gasteiger partial charge is 0.393 e. The number of hydrogen-bond acceptors (Lipinski definition) is 4. The zero-order chi connectivity index (χ0) is 14.5. The Morgan fingerprint density at radius 2 is 2.35 bits per heavy atom. The van der Waals surface area contributed by atoms with Crippen molar-refractivity contribution in [1.82, 2.24) is 10.3 Å². The van der Waals surface area contributed by atoms with E-state index < -0.39 is 0 Å². The Bertz CT molecular complexity index is 434. The van der Waals surface area contributed by atoms with Crippen molar-refractivity contribution in [3.8, 4) is 0 Å². The number of aliphatic hydroxyl groups is 1. The van der Waals surface area contributed by atoms with Crippen LogP contribution >= 0.6 is 0 Å². The number of hydrogen-bond donors (Lipinski definition) is 2. The third-order valence-corrected chi connectivity index (χ3v) is 4.07. The molecule has 1 aliphatic rings. The van der Waals surface area contributed by atoms with Gasteiger partial charge >= 0.3 is 0 Å². The zero-order valence-electron chi connectivity index (χ0n) is 12.9. The number of anilines is 1. The first-order valence-electron chi connectivity index (χ1n) is 7.71. The highest BCUT2D eigenvalue weighted by molar-refractivity contribution is 5.48. The molecule has 2 N–H and O–H groups in total. The molecule has 2 atom stereocenters. The maximum absolute atomic E-state index is 9.70. The topological polar surface area (TPSA) is 48.4 Å². The van der Waals surface area contributed by atoms with Gasteiger partial charge in [-0.25, -0.2) is 4.98 Å². The van der Waals surface area contributed by atoms with Gasteiger partial charge in [-0.3, -0.25) is 0 Å². The lowest BCUT2D eigenvalue weighted by Gasteiger charge is -2.21. The molecule has 1 aromatic heterocycles. The smallest absolute Gasteiger partial charge is 0.131 e. The average Bonchev–Trinajstić information content (AvgIpc) is 2.89. The second kappa shape index (κ2) is 7.04. The standard InChI is InChI=1S/C16H27N3O/c1-4-6-17-9-14-8-12(2)16(18-10-14)19-7-5-15(11-19)13(3)20/h8,10,13,15,17,20H,4-7,9,11H2,1-3H3. The van der Waals surface area contributed by atoms with E-state index in [1.807, 2.05) is 13.1 Å². The average molecular weight is 277 g/mol. The molecular formula is C16H27N3O. The molecule has 0 aliphatic carbocycles. The van der Waals surface area contributed by atoms with E-state index in [1.165, 1.54) is 11.1 Å². The van der Waals surface area contributed by atoms with E-state index in [4.69, 9.17) is 0 Å². The molecule has 2 rings (SSSR count). The Morgan fingerprint density at radius 1 is 1.55 bits per heavy atom. The van der Waals surface area contributed by atoms with Crippen LogP contribution in [0, 0.1) is 12.8 Å². The molecular weight excluding hydrogens is 250 g/mol. The third kappa shape index (κ3) is 3.70. The first-order valence-corrected chi connectivity index (χ1v) is 7.71. The Morgan fingerprint density at radius 3 is 2.95 bits per heavy atom. The second-order valence-electron chi connectivity index (χ2n) is 5.90. The molecule has 2 unspecified atom stereocenters. The van der Waals surface area contributed by atoms with Gasteiger partial charge in [0, 0.05) is 31.7 Å². The van der Waals surface area contributed by atoms with Crippen LogP contribution in [0.4, 0.5) is 5.82 Å². The molecule has 1 fully saturated rings. The Hall–Kier alpha value is -1.13. The number of rotatable bonds is 6. The van der Waals surface area contributed by atoms with Crippen LogP contribution in [0.25, 0.3) is 0 Å². The first-order chi connectivity index (χ1) is 9.61. The van der Waals surface area contributed by atoms with E-state index >= 15 is 0 Å². The van der Waals surface area contributed by atoms with Crippen molar-refractivity contribution in [3.63, 3.8) is 0 Å². The second-order valence-corrected chi connectivity index (χ2v) is 5.90. The lowest BCUT2D eigenvalue weighted by molar-refractivity contribution is 0.136. The fourth-order valence-electron chi connectivity index (χ4n) is 2.84. The van der Waals surface area contributed by atoms with Gasteiger partial charge in [0.15, 0.2) is 0 Å². The van der Waals surface area contributed by atoms with E-state index in [0.29, 0.717) is 5.92 Å². The molecule has 112 valence electrons. The lowest BCUT2D eigenvalue weighted by Crippen LogP contribution is -2.25. The first kappa shape index (κ1) is 15.3. The summed E-state index contributed by atoms with van der Waals surface area (Å²) < 4.78 is 0. The number of aryl methyl sites for hydroxylation is 1. The van der Waals surface area contributed by atoms with Crippen molar-refractivity contribution in [1.29, 1.82) is 0 Å². The maximum atomic E-state index is 9.70. The maximum Gasteiger partial charge on any atom is 0.131 e. The van der Waals surface area contributed by atoms with E-state index in [0.717, 1.165) is 44.8 Å².